The van der Waals surface area contributed by atoms with E-state index in [4.69, 9.17) is 0 Å². The third-order valence-electron chi connectivity index (χ3n) is 5.36. The number of carbonyl (C=O) groups is 1. The van der Waals surface area contributed by atoms with E-state index >= 15 is 0 Å². The monoisotopic (exact) mass is 366 g/mol. The van der Waals surface area contributed by atoms with Crippen molar-refractivity contribution in [1.82, 2.24) is 9.99 Å². The molecule has 0 atom stereocenters. The number of carbonyl (C=O) groups excluding carboxylic acids is 1. The summed E-state index contributed by atoms with van der Waals surface area (Å²) in [5.41, 5.74) is 8.31. The topological polar surface area (TPSA) is 58.4 Å². The zero-order valence-electron chi connectivity index (χ0n) is 16.6. The van der Waals surface area contributed by atoms with E-state index in [1.54, 1.807) is 6.21 Å². The van der Waals surface area contributed by atoms with Gasteiger partial charge in [-0.25, -0.2) is 5.43 Å². The number of rotatable bonds is 6. The number of aryl methyl sites for hydroxylation is 2. The van der Waals surface area contributed by atoms with E-state index in [1.807, 2.05) is 31.2 Å². The molecule has 2 aromatic rings. The Labute approximate surface area is 161 Å². The summed E-state index contributed by atoms with van der Waals surface area (Å²) in [7, 11) is 0. The van der Waals surface area contributed by atoms with Gasteiger partial charge >= 0.3 is 0 Å². The maximum atomic E-state index is 12.0. The van der Waals surface area contributed by atoms with Gasteiger partial charge in [0.1, 0.15) is 0 Å². The number of hydrogen-bond acceptors (Lipinski definition) is 3. The van der Waals surface area contributed by atoms with Crippen molar-refractivity contribution in [3.8, 4) is 0 Å². The van der Waals surface area contributed by atoms with Crippen molar-refractivity contribution in [1.29, 1.82) is 0 Å². The van der Waals surface area contributed by atoms with Crippen molar-refractivity contribution in [3.05, 3.63) is 52.8 Å². The summed E-state index contributed by atoms with van der Waals surface area (Å²) in [5, 5.41) is 7.25. The van der Waals surface area contributed by atoms with Gasteiger partial charge in [0.05, 0.1) is 12.8 Å². The number of hydrogen-bond donors (Lipinski definition) is 2. The fourth-order valence-electron chi connectivity index (χ4n) is 3.90. The standard InChI is InChI=1S/C22H30N4O/c1-16-9-11-20(12-10-16)23-15-22(27)25-24-14-19-13-17(2)26(18(19)3)21-7-5-4-6-8-21/h9-14,21,23H,4-8,15H2,1-3H3,(H,25,27)/b24-14-. The van der Waals surface area contributed by atoms with Gasteiger partial charge in [-0.2, -0.15) is 5.10 Å². The zero-order chi connectivity index (χ0) is 19.2. The van der Waals surface area contributed by atoms with Gasteiger partial charge in [0.15, 0.2) is 0 Å². The molecule has 5 heteroatoms. The van der Waals surface area contributed by atoms with E-state index in [0.29, 0.717) is 6.04 Å². The molecule has 1 fully saturated rings. The maximum absolute atomic E-state index is 12.0. The summed E-state index contributed by atoms with van der Waals surface area (Å²) in [6.45, 7) is 6.53. The molecular weight excluding hydrogens is 336 g/mol. The molecule has 1 aromatic carbocycles. The van der Waals surface area contributed by atoms with Crippen molar-refractivity contribution in [2.75, 3.05) is 11.9 Å². The van der Waals surface area contributed by atoms with Crippen molar-refractivity contribution >= 4 is 17.8 Å². The van der Waals surface area contributed by atoms with Crippen molar-refractivity contribution in [2.45, 2.75) is 58.9 Å². The summed E-state index contributed by atoms with van der Waals surface area (Å²) >= 11 is 0. The highest BCUT2D eigenvalue weighted by Gasteiger charge is 2.19. The summed E-state index contributed by atoms with van der Waals surface area (Å²) in [6, 6.07) is 10.7. The van der Waals surface area contributed by atoms with E-state index in [0.717, 1.165) is 11.3 Å². The molecule has 0 aliphatic heterocycles. The predicted octanol–water partition coefficient (Wildman–Crippen LogP) is 4.48. The minimum atomic E-state index is -0.159. The van der Waals surface area contributed by atoms with Crippen LogP contribution in [0, 0.1) is 20.8 Å². The molecule has 0 unspecified atom stereocenters. The van der Waals surface area contributed by atoms with E-state index < -0.39 is 0 Å². The van der Waals surface area contributed by atoms with Gasteiger partial charge in [0.25, 0.3) is 5.91 Å². The van der Waals surface area contributed by atoms with E-state index in [2.05, 4.69) is 40.3 Å². The molecule has 5 nitrogen and oxygen atoms in total. The van der Waals surface area contributed by atoms with E-state index in [1.165, 1.54) is 49.1 Å². The second-order valence-corrected chi connectivity index (χ2v) is 7.50. The zero-order valence-corrected chi connectivity index (χ0v) is 16.6. The van der Waals surface area contributed by atoms with Crippen LogP contribution in [-0.2, 0) is 4.79 Å². The molecule has 1 amide bonds. The first-order valence-electron chi connectivity index (χ1n) is 9.85. The van der Waals surface area contributed by atoms with Crippen LogP contribution in [0.3, 0.4) is 0 Å². The average Bonchev–Trinajstić information content (AvgIpc) is 2.95. The van der Waals surface area contributed by atoms with Gasteiger partial charge in [0.2, 0.25) is 0 Å². The lowest BCUT2D eigenvalue weighted by molar-refractivity contribution is -0.119. The highest BCUT2D eigenvalue weighted by Crippen LogP contribution is 2.31. The molecule has 3 rings (SSSR count). The first kappa shape index (κ1) is 19.2. The van der Waals surface area contributed by atoms with Crippen molar-refractivity contribution in [3.63, 3.8) is 0 Å². The lowest BCUT2D eigenvalue weighted by Gasteiger charge is -2.26. The fraction of sp³-hybridized carbons (Fsp3) is 0.455. The smallest absolute Gasteiger partial charge is 0.259 e. The van der Waals surface area contributed by atoms with Crippen molar-refractivity contribution in [2.24, 2.45) is 5.10 Å². The number of nitrogens with zero attached hydrogens (tertiary/aromatic N) is 2. The fourth-order valence-corrected chi connectivity index (χ4v) is 3.90. The van der Waals surface area contributed by atoms with E-state index in [9.17, 15) is 4.79 Å². The van der Waals surface area contributed by atoms with Crippen LogP contribution in [0.5, 0.6) is 0 Å². The first-order chi connectivity index (χ1) is 13.0. The van der Waals surface area contributed by atoms with Gasteiger partial charge in [-0.3, -0.25) is 4.79 Å². The molecule has 0 radical (unpaired) electrons. The van der Waals surface area contributed by atoms with Crippen LogP contribution >= 0.6 is 0 Å². The largest absolute Gasteiger partial charge is 0.376 e. The van der Waals surface area contributed by atoms with Crippen LogP contribution < -0.4 is 10.7 Å². The highest BCUT2D eigenvalue weighted by molar-refractivity contribution is 5.85. The van der Waals surface area contributed by atoms with Gasteiger partial charge in [-0.15, -0.1) is 0 Å². The van der Waals surface area contributed by atoms with Crippen LogP contribution in [-0.4, -0.2) is 23.2 Å². The molecule has 144 valence electrons. The van der Waals surface area contributed by atoms with Gasteiger partial charge in [0, 0.05) is 28.7 Å². The molecule has 0 saturated heterocycles. The van der Waals surface area contributed by atoms with Gasteiger partial charge in [-0.1, -0.05) is 37.0 Å². The summed E-state index contributed by atoms with van der Waals surface area (Å²) in [5.74, 6) is -0.159. The third kappa shape index (κ3) is 5.00. The quantitative estimate of drug-likeness (QED) is 0.585. The molecule has 1 aliphatic carbocycles. The molecule has 1 aromatic heterocycles. The Balaban J connectivity index is 1.54. The Morgan fingerprint density at radius 3 is 2.56 bits per heavy atom. The van der Waals surface area contributed by atoms with Gasteiger partial charge in [-0.05, 0) is 51.8 Å². The minimum Gasteiger partial charge on any atom is -0.376 e. The molecule has 0 bridgehead atoms. The number of aromatic nitrogens is 1. The Hall–Kier alpha value is -2.56. The normalized spacial score (nSPS) is 15.2. The highest BCUT2D eigenvalue weighted by atomic mass is 16.2. The second-order valence-electron chi connectivity index (χ2n) is 7.50. The second kappa shape index (κ2) is 8.89. The number of amides is 1. The van der Waals surface area contributed by atoms with Crippen molar-refractivity contribution < 1.29 is 4.79 Å². The van der Waals surface area contributed by atoms with Crippen LogP contribution in [0.15, 0.2) is 35.4 Å². The molecule has 1 heterocycles. The Morgan fingerprint density at radius 2 is 1.85 bits per heavy atom. The first-order valence-corrected chi connectivity index (χ1v) is 9.85. The Morgan fingerprint density at radius 1 is 1.15 bits per heavy atom. The Bertz CT molecular complexity index is 798. The Kier molecular flexibility index (Phi) is 6.32. The summed E-state index contributed by atoms with van der Waals surface area (Å²) in [6.07, 6.45) is 8.26. The summed E-state index contributed by atoms with van der Waals surface area (Å²) < 4.78 is 2.45. The molecule has 1 aliphatic rings. The summed E-state index contributed by atoms with van der Waals surface area (Å²) in [4.78, 5) is 12.0. The third-order valence-corrected chi connectivity index (χ3v) is 5.36. The lowest BCUT2D eigenvalue weighted by atomic mass is 9.95. The maximum Gasteiger partial charge on any atom is 0.259 e. The molecule has 1 saturated carbocycles. The van der Waals surface area contributed by atoms with Crippen LogP contribution in [0.4, 0.5) is 5.69 Å². The SMILES string of the molecule is Cc1ccc(NCC(=O)N/N=C\c2cc(C)n(C3CCCCC3)c2C)cc1. The number of benzene rings is 1. The number of nitrogens with one attached hydrogen (secondary N) is 2. The predicted molar refractivity (Wildman–Crippen MR) is 111 cm³/mol. The van der Waals surface area contributed by atoms with Crippen LogP contribution in [0.2, 0.25) is 0 Å². The average molecular weight is 367 g/mol. The number of hydrazone groups is 1. The minimum absolute atomic E-state index is 0.159. The molecule has 0 spiro atoms. The molecule has 2 N–H and O–H groups in total. The molecular formula is C22H30N4O. The lowest BCUT2D eigenvalue weighted by Crippen LogP contribution is -2.25. The molecule has 27 heavy (non-hydrogen) atoms. The van der Waals surface area contributed by atoms with Crippen LogP contribution in [0.1, 0.15) is 60.7 Å². The van der Waals surface area contributed by atoms with Gasteiger partial charge < -0.3 is 9.88 Å². The van der Waals surface area contributed by atoms with E-state index in [-0.39, 0.29) is 12.5 Å². The number of anilines is 1. The van der Waals surface area contributed by atoms with Crippen LogP contribution in [0.25, 0.3) is 0 Å².